The fourth-order valence-electron chi connectivity index (χ4n) is 4.79. The van der Waals surface area contributed by atoms with Crippen LogP contribution in [-0.4, -0.2) is 60.2 Å². The average Bonchev–Trinajstić information content (AvgIpc) is 3.44. The quantitative estimate of drug-likeness (QED) is 0.339. The number of carbonyl (C=O) groups is 1. The predicted molar refractivity (Wildman–Crippen MR) is 143 cm³/mol. The Bertz CT molecular complexity index is 1400. The Morgan fingerprint density at radius 3 is 2.68 bits per heavy atom. The summed E-state index contributed by atoms with van der Waals surface area (Å²) in [5.74, 6) is 0.626. The number of nitrogens with one attached hydrogen (secondary N) is 2. The highest BCUT2D eigenvalue weighted by Crippen LogP contribution is 2.35. The minimum absolute atomic E-state index is 0.000471. The number of benzene rings is 1. The van der Waals surface area contributed by atoms with Crippen molar-refractivity contribution in [2.75, 3.05) is 18.4 Å². The third kappa shape index (κ3) is 5.28. The van der Waals surface area contributed by atoms with Gasteiger partial charge in [0.1, 0.15) is 5.60 Å². The fourth-order valence-corrected chi connectivity index (χ4v) is 4.99. The zero-order valence-corrected chi connectivity index (χ0v) is 21.8. The van der Waals surface area contributed by atoms with Crippen molar-refractivity contribution in [2.45, 2.75) is 45.3 Å². The second-order valence-corrected chi connectivity index (χ2v) is 10.5. The number of aromatic amines is 1. The second kappa shape index (κ2) is 10.1. The summed E-state index contributed by atoms with van der Waals surface area (Å²) >= 11 is 6.65. The van der Waals surface area contributed by atoms with Crippen LogP contribution >= 0.6 is 11.6 Å². The molecule has 4 heterocycles. The van der Waals surface area contributed by atoms with E-state index in [1.54, 1.807) is 44.8 Å². The van der Waals surface area contributed by atoms with Gasteiger partial charge in [-0.25, -0.2) is 9.97 Å². The lowest BCUT2D eigenvalue weighted by atomic mass is 9.91. The van der Waals surface area contributed by atoms with E-state index in [1.165, 1.54) is 0 Å². The van der Waals surface area contributed by atoms with Gasteiger partial charge < -0.3 is 15.3 Å². The van der Waals surface area contributed by atoms with Crippen molar-refractivity contribution >= 4 is 34.1 Å². The smallest absolute Gasteiger partial charge is 0.257 e. The second-order valence-electron chi connectivity index (χ2n) is 10.1. The molecule has 2 atom stereocenters. The molecule has 5 rings (SSSR count). The maximum atomic E-state index is 12.9. The van der Waals surface area contributed by atoms with Crippen LogP contribution in [0.5, 0.6) is 0 Å². The number of anilines is 1. The van der Waals surface area contributed by atoms with Crippen molar-refractivity contribution in [2.24, 2.45) is 5.92 Å². The molecule has 0 aliphatic carbocycles. The van der Waals surface area contributed by atoms with Crippen LogP contribution in [0.2, 0.25) is 5.02 Å². The maximum absolute atomic E-state index is 12.9. The molecular formula is C27H30ClN7O2. The number of hydrogen-bond acceptors (Lipinski definition) is 7. The Labute approximate surface area is 220 Å². The normalized spacial score (nSPS) is 17.1. The first-order chi connectivity index (χ1) is 17.7. The highest BCUT2D eigenvalue weighted by molar-refractivity contribution is 6.34. The van der Waals surface area contributed by atoms with E-state index in [9.17, 15) is 9.90 Å². The minimum Gasteiger partial charge on any atom is -0.382 e. The van der Waals surface area contributed by atoms with Crippen LogP contribution in [0.3, 0.4) is 0 Å². The highest BCUT2D eigenvalue weighted by atomic mass is 35.5. The van der Waals surface area contributed by atoms with Gasteiger partial charge in [-0.15, -0.1) is 0 Å². The van der Waals surface area contributed by atoms with Crippen LogP contribution in [0.25, 0.3) is 22.0 Å². The Kier molecular flexibility index (Phi) is 6.83. The molecule has 1 unspecified atom stereocenters. The molecule has 0 spiro atoms. The monoisotopic (exact) mass is 519 g/mol. The van der Waals surface area contributed by atoms with Gasteiger partial charge in [-0.3, -0.25) is 14.9 Å². The zero-order chi connectivity index (χ0) is 26.2. The van der Waals surface area contributed by atoms with Crippen LogP contribution in [-0.2, 0) is 5.60 Å². The lowest BCUT2D eigenvalue weighted by Crippen LogP contribution is -2.44. The highest BCUT2D eigenvalue weighted by Gasteiger charge is 2.29. The molecule has 10 heteroatoms. The molecule has 3 N–H and O–H groups in total. The molecule has 1 amide bonds. The number of carbonyl (C=O) groups excluding carboxylic acids is 1. The van der Waals surface area contributed by atoms with E-state index < -0.39 is 5.60 Å². The number of aromatic nitrogens is 5. The number of aliphatic hydroxyl groups is 1. The largest absolute Gasteiger partial charge is 0.382 e. The lowest BCUT2D eigenvalue weighted by Gasteiger charge is -2.36. The van der Waals surface area contributed by atoms with E-state index in [0.29, 0.717) is 23.0 Å². The van der Waals surface area contributed by atoms with Gasteiger partial charge in [0, 0.05) is 54.9 Å². The van der Waals surface area contributed by atoms with E-state index in [2.05, 4.69) is 37.4 Å². The predicted octanol–water partition coefficient (Wildman–Crippen LogP) is 4.65. The number of nitrogens with zero attached hydrogens (tertiary/aromatic N) is 5. The van der Waals surface area contributed by atoms with Crippen molar-refractivity contribution in [3.63, 3.8) is 0 Å². The zero-order valence-electron chi connectivity index (χ0n) is 21.1. The fraction of sp³-hybridized carbons (Fsp3) is 0.370. The number of amides is 1. The minimum atomic E-state index is -1.11. The van der Waals surface area contributed by atoms with Gasteiger partial charge in [-0.1, -0.05) is 17.7 Å². The van der Waals surface area contributed by atoms with Crippen molar-refractivity contribution in [3.8, 4) is 11.1 Å². The van der Waals surface area contributed by atoms with E-state index in [1.807, 2.05) is 23.1 Å². The van der Waals surface area contributed by atoms with Gasteiger partial charge in [0.2, 0.25) is 0 Å². The SMILES string of the molecule is C[C@H](Nc1c(Cl)cnc2ccc(-c3cnc(C(C)(C)O)nc3)cc12)C1CCCN(C(=O)c2cn[nH]c2)C1. The summed E-state index contributed by atoms with van der Waals surface area (Å²) in [6, 6.07) is 6.02. The number of H-pyrrole nitrogens is 1. The maximum Gasteiger partial charge on any atom is 0.257 e. The topological polar surface area (TPSA) is 120 Å². The number of pyridine rings is 1. The number of likely N-dealkylation sites (tertiary alicyclic amines) is 1. The van der Waals surface area contributed by atoms with Gasteiger partial charge >= 0.3 is 0 Å². The molecule has 1 aliphatic rings. The van der Waals surface area contributed by atoms with Crippen molar-refractivity contribution < 1.29 is 9.90 Å². The summed E-state index contributed by atoms with van der Waals surface area (Å²) in [6.45, 7) is 6.85. The summed E-state index contributed by atoms with van der Waals surface area (Å²) in [4.78, 5) is 27.9. The van der Waals surface area contributed by atoms with Crippen LogP contribution in [0.4, 0.5) is 5.69 Å². The number of hydrogen-bond donors (Lipinski definition) is 3. The number of piperidine rings is 1. The van der Waals surface area contributed by atoms with E-state index in [4.69, 9.17) is 11.6 Å². The average molecular weight is 520 g/mol. The summed E-state index contributed by atoms with van der Waals surface area (Å²) in [7, 11) is 0. The van der Waals surface area contributed by atoms with E-state index in [-0.39, 0.29) is 17.9 Å². The molecule has 192 valence electrons. The summed E-state index contributed by atoms with van der Waals surface area (Å²) in [5, 5.41) is 21.8. The third-order valence-corrected chi connectivity index (χ3v) is 7.21. The van der Waals surface area contributed by atoms with Crippen molar-refractivity contribution in [3.05, 3.63) is 65.6 Å². The molecule has 0 saturated carbocycles. The van der Waals surface area contributed by atoms with Gasteiger partial charge in [0.15, 0.2) is 5.82 Å². The first-order valence-corrected chi connectivity index (χ1v) is 12.8. The molecule has 9 nitrogen and oxygen atoms in total. The van der Waals surface area contributed by atoms with Crippen molar-refractivity contribution in [1.29, 1.82) is 0 Å². The van der Waals surface area contributed by atoms with Crippen molar-refractivity contribution in [1.82, 2.24) is 30.0 Å². The van der Waals surface area contributed by atoms with Gasteiger partial charge in [0.25, 0.3) is 5.91 Å². The molecule has 4 aromatic rings. The standard InChI is InChI=1S/C27H30ClN7O2/c1-16(18-5-4-8-35(15-18)25(36)20-12-32-33-13-20)34-24-21-9-17(6-7-23(21)29-14-22(24)28)19-10-30-26(31-11-19)27(2,3)37/h6-7,9-14,16,18,37H,4-5,8,15H2,1-3H3,(H,29,34)(H,32,33)/t16-,18?/m0/s1. The first-order valence-electron chi connectivity index (χ1n) is 12.4. The van der Waals surface area contributed by atoms with Crippen LogP contribution in [0.1, 0.15) is 49.8 Å². The molecule has 0 bridgehead atoms. The number of halogens is 1. The molecule has 37 heavy (non-hydrogen) atoms. The Balaban J connectivity index is 1.39. The van der Waals surface area contributed by atoms with Crippen LogP contribution in [0, 0.1) is 5.92 Å². The summed E-state index contributed by atoms with van der Waals surface area (Å²) in [6.07, 6.45) is 10.2. The molecule has 1 fully saturated rings. The lowest BCUT2D eigenvalue weighted by molar-refractivity contribution is 0.0663. The Hall–Kier alpha value is -3.56. The van der Waals surface area contributed by atoms with Gasteiger partial charge in [-0.2, -0.15) is 5.10 Å². The Morgan fingerprint density at radius 1 is 1.19 bits per heavy atom. The van der Waals surface area contributed by atoms with E-state index in [0.717, 1.165) is 47.1 Å². The molecule has 1 saturated heterocycles. The third-order valence-electron chi connectivity index (χ3n) is 6.92. The summed E-state index contributed by atoms with van der Waals surface area (Å²) in [5.41, 5.74) is 2.85. The van der Waals surface area contributed by atoms with Crippen LogP contribution in [0.15, 0.2) is 49.2 Å². The molecule has 1 aliphatic heterocycles. The molecule has 1 aromatic carbocycles. The molecule has 0 radical (unpaired) electrons. The number of rotatable bonds is 6. The summed E-state index contributed by atoms with van der Waals surface area (Å²) < 4.78 is 0. The van der Waals surface area contributed by atoms with Crippen LogP contribution < -0.4 is 5.32 Å². The van der Waals surface area contributed by atoms with E-state index >= 15 is 0 Å². The number of fused-ring (bicyclic) bond motifs is 1. The van der Waals surface area contributed by atoms with Gasteiger partial charge in [-0.05, 0) is 57.2 Å². The molecule has 3 aromatic heterocycles. The molecular weight excluding hydrogens is 490 g/mol. The first kappa shape index (κ1) is 25.1. The Morgan fingerprint density at radius 2 is 1.97 bits per heavy atom. The van der Waals surface area contributed by atoms with Gasteiger partial charge in [0.05, 0.1) is 28.0 Å².